The minimum Gasteiger partial charge on any atom is -0.497 e. The van der Waals surface area contributed by atoms with E-state index in [1.807, 2.05) is 6.26 Å². The van der Waals surface area contributed by atoms with Crippen LogP contribution in [0.5, 0.6) is 0 Å². The third-order valence-electron chi connectivity index (χ3n) is 3.02. The third kappa shape index (κ3) is 1.40. The van der Waals surface area contributed by atoms with E-state index in [2.05, 4.69) is 13.0 Å². The minimum atomic E-state index is 0.849. The molecule has 2 aliphatic rings. The van der Waals surface area contributed by atoms with Crippen LogP contribution in [0.25, 0.3) is 0 Å². The van der Waals surface area contributed by atoms with Crippen LogP contribution in [0.2, 0.25) is 0 Å². The van der Waals surface area contributed by atoms with Gasteiger partial charge in [0.05, 0.1) is 6.26 Å². The molecule has 0 aromatic carbocycles. The Labute approximate surface area is 74.1 Å². The molecule has 0 bridgehead atoms. The molecule has 0 radical (unpaired) electrons. The molecule has 66 valence electrons. The number of allylic oxidation sites excluding steroid dienone is 2. The smallest absolute Gasteiger partial charge is 0.109 e. The lowest BCUT2D eigenvalue weighted by atomic mass is 9.82. The molecule has 0 saturated heterocycles. The zero-order chi connectivity index (χ0) is 8.39. The lowest BCUT2D eigenvalue weighted by Gasteiger charge is -2.26. The standard InChI is InChI=1S/C11H16O/c1-2-9-3-4-11-8-12-6-5-10(11)7-9/h5-6,9H,2-4,7-8H2,1H3. The average Bonchev–Trinajstić information content (AvgIpc) is 2.17. The molecule has 1 heteroatoms. The zero-order valence-corrected chi connectivity index (χ0v) is 7.68. The van der Waals surface area contributed by atoms with Crippen molar-refractivity contribution in [1.82, 2.24) is 0 Å². The van der Waals surface area contributed by atoms with Gasteiger partial charge in [-0.25, -0.2) is 0 Å². The maximum Gasteiger partial charge on any atom is 0.109 e. The second-order valence-electron chi connectivity index (χ2n) is 3.76. The molecule has 0 saturated carbocycles. The van der Waals surface area contributed by atoms with E-state index in [1.54, 1.807) is 11.1 Å². The fourth-order valence-corrected chi connectivity index (χ4v) is 2.07. The van der Waals surface area contributed by atoms with Crippen LogP contribution in [0.15, 0.2) is 23.5 Å². The Kier molecular flexibility index (Phi) is 2.20. The van der Waals surface area contributed by atoms with E-state index in [0.717, 1.165) is 12.5 Å². The van der Waals surface area contributed by atoms with Crippen molar-refractivity contribution in [1.29, 1.82) is 0 Å². The van der Waals surface area contributed by atoms with Gasteiger partial charge in [-0.2, -0.15) is 0 Å². The van der Waals surface area contributed by atoms with Gasteiger partial charge in [0.15, 0.2) is 0 Å². The highest BCUT2D eigenvalue weighted by atomic mass is 16.5. The molecular weight excluding hydrogens is 148 g/mol. The molecule has 1 unspecified atom stereocenters. The first-order valence-corrected chi connectivity index (χ1v) is 4.89. The van der Waals surface area contributed by atoms with Crippen molar-refractivity contribution in [2.45, 2.75) is 32.6 Å². The Balaban J connectivity index is 2.11. The molecule has 1 nitrogen and oxygen atoms in total. The fourth-order valence-electron chi connectivity index (χ4n) is 2.07. The summed E-state index contributed by atoms with van der Waals surface area (Å²) in [5.41, 5.74) is 3.10. The van der Waals surface area contributed by atoms with Crippen LogP contribution >= 0.6 is 0 Å². The SMILES string of the molecule is CCC1CCC2=C(C=COC2)C1. The van der Waals surface area contributed by atoms with E-state index >= 15 is 0 Å². The van der Waals surface area contributed by atoms with Crippen LogP contribution in [0.4, 0.5) is 0 Å². The van der Waals surface area contributed by atoms with Gasteiger partial charge in [0.1, 0.15) is 6.61 Å². The fraction of sp³-hybridized carbons (Fsp3) is 0.636. The van der Waals surface area contributed by atoms with E-state index in [9.17, 15) is 0 Å². The lowest BCUT2D eigenvalue weighted by Crippen LogP contribution is -2.13. The van der Waals surface area contributed by atoms with Gasteiger partial charge in [-0.1, -0.05) is 13.3 Å². The number of hydrogen-bond acceptors (Lipinski definition) is 1. The van der Waals surface area contributed by atoms with Crippen LogP contribution in [-0.4, -0.2) is 6.61 Å². The average molecular weight is 164 g/mol. The van der Waals surface area contributed by atoms with Gasteiger partial charge >= 0.3 is 0 Å². The lowest BCUT2D eigenvalue weighted by molar-refractivity contribution is 0.259. The Morgan fingerprint density at radius 3 is 3.33 bits per heavy atom. The summed E-state index contributed by atoms with van der Waals surface area (Å²) in [5, 5.41) is 0. The first-order valence-electron chi connectivity index (χ1n) is 4.89. The molecule has 1 aliphatic heterocycles. The van der Waals surface area contributed by atoms with Crippen molar-refractivity contribution in [3.05, 3.63) is 23.5 Å². The first-order chi connectivity index (χ1) is 5.90. The Hall–Kier alpha value is -0.720. The molecule has 1 atom stereocenters. The normalized spacial score (nSPS) is 28.2. The molecule has 0 amide bonds. The van der Waals surface area contributed by atoms with Crippen molar-refractivity contribution in [3.8, 4) is 0 Å². The van der Waals surface area contributed by atoms with Gasteiger partial charge in [0, 0.05) is 0 Å². The molecule has 1 heterocycles. The van der Waals surface area contributed by atoms with Gasteiger partial charge < -0.3 is 4.74 Å². The highest BCUT2D eigenvalue weighted by molar-refractivity contribution is 5.30. The molecule has 1 aliphatic carbocycles. The number of hydrogen-bond donors (Lipinski definition) is 0. The van der Waals surface area contributed by atoms with Crippen molar-refractivity contribution >= 4 is 0 Å². The van der Waals surface area contributed by atoms with E-state index in [4.69, 9.17) is 4.74 Å². The van der Waals surface area contributed by atoms with Crippen molar-refractivity contribution in [2.75, 3.05) is 6.61 Å². The summed E-state index contributed by atoms with van der Waals surface area (Å²) in [6.07, 6.45) is 9.24. The van der Waals surface area contributed by atoms with E-state index < -0.39 is 0 Å². The molecule has 2 rings (SSSR count). The number of rotatable bonds is 1. The minimum absolute atomic E-state index is 0.849. The summed E-state index contributed by atoms with van der Waals surface area (Å²) in [5.74, 6) is 0.923. The quantitative estimate of drug-likeness (QED) is 0.578. The molecule has 0 aromatic rings. The van der Waals surface area contributed by atoms with E-state index in [1.165, 1.54) is 25.7 Å². The van der Waals surface area contributed by atoms with Gasteiger partial charge in [-0.3, -0.25) is 0 Å². The third-order valence-corrected chi connectivity index (χ3v) is 3.02. The Morgan fingerprint density at radius 1 is 1.58 bits per heavy atom. The summed E-state index contributed by atoms with van der Waals surface area (Å²) >= 11 is 0. The molecular formula is C11H16O. The molecule has 0 spiro atoms. The van der Waals surface area contributed by atoms with Crippen molar-refractivity contribution < 1.29 is 4.74 Å². The van der Waals surface area contributed by atoms with Crippen LogP contribution in [-0.2, 0) is 4.74 Å². The van der Waals surface area contributed by atoms with Crippen molar-refractivity contribution in [2.24, 2.45) is 5.92 Å². The van der Waals surface area contributed by atoms with Crippen LogP contribution < -0.4 is 0 Å². The van der Waals surface area contributed by atoms with Crippen molar-refractivity contribution in [3.63, 3.8) is 0 Å². The summed E-state index contributed by atoms with van der Waals surface area (Å²) in [7, 11) is 0. The van der Waals surface area contributed by atoms with Gasteiger partial charge in [0.25, 0.3) is 0 Å². The largest absolute Gasteiger partial charge is 0.497 e. The maximum absolute atomic E-state index is 5.27. The Bertz CT molecular complexity index is 225. The van der Waals surface area contributed by atoms with Crippen LogP contribution in [0.1, 0.15) is 32.6 Å². The van der Waals surface area contributed by atoms with E-state index in [0.29, 0.717) is 0 Å². The highest BCUT2D eigenvalue weighted by Gasteiger charge is 2.19. The second-order valence-corrected chi connectivity index (χ2v) is 3.76. The molecule has 0 fully saturated rings. The summed E-state index contributed by atoms with van der Waals surface area (Å²) in [6.45, 7) is 3.14. The van der Waals surface area contributed by atoms with Crippen LogP contribution in [0, 0.1) is 5.92 Å². The first kappa shape index (κ1) is 7.90. The molecule has 0 N–H and O–H groups in total. The zero-order valence-electron chi connectivity index (χ0n) is 7.68. The second kappa shape index (κ2) is 3.34. The van der Waals surface area contributed by atoms with Gasteiger partial charge in [-0.15, -0.1) is 0 Å². The topological polar surface area (TPSA) is 9.23 Å². The van der Waals surface area contributed by atoms with E-state index in [-0.39, 0.29) is 0 Å². The van der Waals surface area contributed by atoms with Gasteiger partial charge in [-0.05, 0) is 42.4 Å². The summed E-state index contributed by atoms with van der Waals surface area (Å²) < 4.78 is 5.27. The predicted molar refractivity (Wildman–Crippen MR) is 49.8 cm³/mol. The highest BCUT2D eigenvalue weighted by Crippen LogP contribution is 2.33. The Morgan fingerprint density at radius 2 is 2.50 bits per heavy atom. The predicted octanol–water partition coefficient (Wildman–Crippen LogP) is 3.04. The number of ether oxygens (including phenoxy) is 1. The summed E-state index contributed by atoms with van der Waals surface area (Å²) in [4.78, 5) is 0. The monoisotopic (exact) mass is 164 g/mol. The molecule has 0 aromatic heterocycles. The van der Waals surface area contributed by atoms with Crippen LogP contribution in [0.3, 0.4) is 0 Å². The van der Waals surface area contributed by atoms with Gasteiger partial charge in [0.2, 0.25) is 0 Å². The maximum atomic E-state index is 5.27. The molecule has 12 heavy (non-hydrogen) atoms. The summed E-state index contributed by atoms with van der Waals surface area (Å²) in [6, 6.07) is 0.